The van der Waals surface area contributed by atoms with Crippen LogP contribution in [0.15, 0.2) is 24.2 Å². The lowest BCUT2D eigenvalue weighted by Crippen LogP contribution is -1.95. The fourth-order valence-corrected chi connectivity index (χ4v) is 1.01. The van der Waals surface area contributed by atoms with Gasteiger partial charge in [-0.15, -0.1) is 17.9 Å². The number of thiazole rings is 1. The molecule has 1 N–H and O–H groups in total. The van der Waals surface area contributed by atoms with Gasteiger partial charge in [0, 0.05) is 18.1 Å². The molecule has 0 saturated carbocycles. The fraction of sp³-hybridized carbons (Fsp3) is 0.167. The van der Waals surface area contributed by atoms with E-state index in [0.717, 1.165) is 11.7 Å². The highest BCUT2D eigenvalue weighted by Gasteiger charge is 1.87. The monoisotopic (exact) mass is 140 g/mol. The van der Waals surface area contributed by atoms with Gasteiger partial charge in [0.2, 0.25) is 0 Å². The molecule has 9 heavy (non-hydrogen) atoms. The summed E-state index contributed by atoms with van der Waals surface area (Å²) >= 11 is 1.59. The summed E-state index contributed by atoms with van der Waals surface area (Å²) in [6.07, 6.45) is 3.58. The largest absolute Gasteiger partial charge is 0.358 e. The smallest absolute Gasteiger partial charge is 0.182 e. The minimum Gasteiger partial charge on any atom is -0.358 e. The van der Waals surface area contributed by atoms with Crippen LogP contribution in [0, 0.1) is 0 Å². The number of hydrogen-bond acceptors (Lipinski definition) is 3. The van der Waals surface area contributed by atoms with Gasteiger partial charge in [-0.25, -0.2) is 4.98 Å². The summed E-state index contributed by atoms with van der Waals surface area (Å²) in [5.41, 5.74) is 0. The van der Waals surface area contributed by atoms with Crippen molar-refractivity contribution < 1.29 is 0 Å². The molecule has 1 aromatic heterocycles. The van der Waals surface area contributed by atoms with Crippen molar-refractivity contribution in [1.29, 1.82) is 0 Å². The number of nitrogens with one attached hydrogen (secondary N) is 1. The van der Waals surface area contributed by atoms with Crippen molar-refractivity contribution in [2.45, 2.75) is 0 Å². The van der Waals surface area contributed by atoms with Gasteiger partial charge in [0.05, 0.1) is 0 Å². The average Bonchev–Trinajstić information content (AvgIpc) is 2.34. The zero-order valence-electron chi connectivity index (χ0n) is 5.00. The van der Waals surface area contributed by atoms with Crippen LogP contribution in [0.1, 0.15) is 0 Å². The molecule has 0 aliphatic rings. The van der Waals surface area contributed by atoms with Gasteiger partial charge in [0.1, 0.15) is 0 Å². The van der Waals surface area contributed by atoms with Gasteiger partial charge in [-0.05, 0) is 0 Å². The van der Waals surface area contributed by atoms with Crippen molar-refractivity contribution in [3.8, 4) is 0 Å². The first-order valence-electron chi connectivity index (χ1n) is 2.68. The van der Waals surface area contributed by atoms with Crippen molar-refractivity contribution in [2.24, 2.45) is 0 Å². The highest BCUT2D eigenvalue weighted by molar-refractivity contribution is 7.13. The maximum absolute atomic E-state index is 4.01. The summed E-state index contributed by atoms with van der Waals surface area (Å²) in [4.78, 5) is 4.01. The number of aromatic nitrogens is 1. The third kappa shape index (κ3) is 1.85. The Bertz CT molecular complexity index is 169. The molecule has 0 saturated heterocycles. The van der Waals surface area contributed by atoms with Gasteiger partial charge in [-0.1, -0.05) is 6.08 Å². The predicted molar refractivity (Wildman–Crippen MR) is 40.8 cm³/mol. The van der Waals surface area contributed by atoms with Crippen LogP contribution in [0.25, 0.3) is 0 Å². The normalized spacial score (nSPS) is 8.89. The zero-order chi connectivity index (χ0) is 6.53. The van der Waals surface area contributed by atoms with Crippen molar-refractivity contribution in [1.82, 2.24) is 4.98 Å². The van der Waals surface area contributed by atoms with E-state index >= 15 is 0 Å². The van der Waals surface area contributed by atoms with E-state index in [4.69, 9.17) is 0 Å². The lowest BCUT2D eigenvalue weighted by atomic mass is 10.6. The Kier molecular flexibility index (Phi) is 2.27. The Morgan fingerprint density at radius 2 is 2.78 bits per heavy atom. The fourth-order valence-electron chi connectivity index (χ4n) is 0.470. The quantitative estimate of drug-likeness (QED) is 0.647. The Hall–Kier alpha value is -0.830. The molecule has 0 aliphatic carbocycles. The number of anilines is 1. The van der Waals surface area contributed by atoms with E-state index in [1.165, 1.54) is 0 Å². The lowest BCUT2D eigenvalue weighted by molar-refractivity contribution is 1.29. The first kappa shape index (κ1) is 6.29. The van der Waals surface area contributed by atoms with Gasteiger partial charge < -0.3 is 5.32 Å². The van der Waals surface area contributed by atoms with Crippen LogP contribution in [0.2, 0.25) is 0 Å². The van der Waals surface area contributed by atoms with E-state index < -0.39 is 0 Å². The van der Waals surface area contributed by atoms with Crippen LogP contribution in [0.5, 0.6) is 0 Å². The first-order chi connectivity index (χ1) is 4.43. The molecule has 0 atom stereocenters. The zero-order valence-corrected chi connectivity index (χ0v) is 5.82. The maximum Gasteiger partial charge on any atom is 0.182 e. The van der Waals surface area contributed by atoms with Crippen molar-refractivity contribution in [3.63, 3.8) is 0 Å². The lowest BCUT2D eigenvalue weighted by Gasteiger charge is -1.92. The van der Waals surface area contributed by atoms with Gasteiger partial charge in [0.15, 0.2) is 5.13 Å². The second kappa shape index (κ2) is 3.25. The maximum atomic E-state index is 4.01. The molecule has 48 valence electrons. The molecule has 0 aliphatic heterocycles. The Labute approximate surface area is 58.2 Å². The van der Waals surface area contributed by atoms with E-state index in [0.29, 0.717) is 0 Å². The van der Waals surface area contributed by atoms with Crippen LogP contribution in [-0.4, -0.2) is 11.5 Å². The van der Waals surface area contributed by atoms with E-state index in [9.17, 15) is 0 Å². The summed E-state index contributed by atoms with van der Waals surface area (Å²) in [6.45, 7) is 4.36. The van der Waals surface area contributed by atoms with E-state index in [2.05, 4.69) is 16.9 Å². The highest BCUT2D eigenvalue weighted by Crippen LogP contribution is 2.08. The minimum absolute atomic E-state index is 0.785. The van der Waals surface area contributed by atoms with Crippen molar-refractivity contribution in [2.75, 3.05) is 11.9 Å². The van der Waals surface area contributed by atoms with Gasteiger partial charge in [-0.2, -0.15) is 0 Å². The third-order valence-corrected chi connectivity index (χ3v) is 1.56. The first-order valence-corrected chi connectivity index (χ1v) is 3.55. The summed E-state index contributed by atoms with van der Waals surface area (Å²) in [5.74, 6) is 0. The Balaban J connectivity index is 2.38. The van der Waals surface area contributed by atoms with Gasteiger partial charge in [-0.3, -0.25) is 0 Å². The molecule has 3 heteroatoms. The average molecular weight is 140 g/mol. The SMILES string of the molecule is C=CCNc1nccs1. The number of rotatable bonds is 3. The second-order valence-electron chi connectivity index (χ2n) is 1.51. The van der Waals surface area contributed by atoms with Crippen LogP contribution in [-0.2, 0) is 0 Å². The van der Waals surface area contributed by atoms with Crippen LogP contribution in [0.3, 0.4) is 0 Å². The molecule has 0 fully saturated rings. The van der Waals surface area contributed by atoms with Crippen LogP contribution < -0.4 is 5.32 Å². The molecule has 1 rings (SSSR count). The Morgan fingerprint density at radius 3 is 3.33 bits per heavy atom. The molecule has 0 bridgehead atoms. The van der Waals surface area contributed by atoms with Crippen molar-refractivity contribution >= 4 is 16.5 Å². The van der Waals surface area contributed by atoms with Gasteiger partial charge >= 0.3 is 0 Å². The van der Waals surface area contributed by atoms with E-state index in [1.807, 2.05) is 5.38 Å². The second-order valence-corrected chi connectivity index (χ2v) is 2.40. The van der Waals surface area contributed by atoms with E-state index in [-0.39, 0.29) is 0 Å². The summed E-state index contributed by atoms with van der Waals surface area (Å²) in [6, 6.07) is 0. The van der Waals surface area contributed by atoms with E-state index in [1.54, 1.807) is 23.6 Å². The predicted octanol–water partition coefficient (Wildman–Crippen LogP) is 1.74. The summed E-state index contributed by atoms with van der Waals surface area (Å²) < 4.78 is 0. The molecule has 1 heterocycles. The molecule has 0 spiro atoms. The number of hydrogen-bond donors (Lipinski definition) is 1. The Morgan fingerprint density at radius 1 is 1.89 bits per heavy atom. The molecule has 0 radical (unpaired) electrons. The number of nitrogens with zero attached hydrogens (tertiary/aromatic N) is 1. The van der Waals surface area contributed by atoms with Crippen LogP contribution >= 0.6 is 11.3 Å². The standard InChI is InChI=1S/C6H8N2S/c1-2-3-7-6-8-4-5-9-6/h2,4-5H,1,3H2,(H,7,8). The highest BCUT2D eigenvalue weighted by atomic mass is 32.1. The minimum atomic E-state index is 0.785. The molecular weight excluding hydrogens is 132 g/mol. The third-order valence-electron chi connectivity index (χ3n) is 0.830. The van der Waals surface area contributed by atoms with Crippen LogP contribution in [0.4, 0.5) is 5.13 Å². The van der Waals surface area contributed by atoms with Crippen molar-refractivity contribution in [3.05, 3.63) is 24.2 Å². The molecule has 0 amide bonds. The topological polar surface area (TPSA) is 24.9 Å². The molecule has 1 aromatic rings. The molecule has 0 unspecified atom stereocenters. The van der Waals surface area contributed by atoms with Gasteiger partial charge in [0.25, 0.3) is 0 Å². The molecule has 0 aromatic carbocycles. The molecule has 2 nitrogen and oxygen atoms in total. The summed E-state index contributed by atoms with van der Waals surface area (Å²) in [7, 11) is 0. The molecular formula is C6H8N2S. The summed E-state index contributed by atoms with van der Waals surface area (Å²) in [5, 5.41) is 5.95.